The molecule has 2 rings (SSSR count). The van der Waals surface area contributed by atoms with Crippen molar-refractivity contribution in [3.05, 3.63) is 59.7 Å². The van der Waals surface area contributed by atoms with Gasteiger partial charge in [0.15, 0.2) is 19.0 Å². The van der Waals surface area contributed by atoms with Gasteiger partial charge in [0.25, 0.3) is 0 Å². The molecule has 6 heteroatoms. The quantitative estimate of drug-likeness (QED) is 0.540. The number of amides is 1. The summed E-state index contributed by atoms with van der Waals surface area (Å²) in [5, 5.41) is 2.74. The SMILES string of the molecule is CCCC(=O)Nc1ccc(C(=O)COC(=O)COc2cccc(C)c2)cc1. The van der Waals surface area contributed by atoms with Gasteiger partial charge in [0.2, 0.25) is 5.91 Å². The summed E-state index contributed by atoms with van der Waals surface area (Å²) in [6.07, 6.45) is 1.21. The molecule has 1 amide bonds. The lowest BCUT2D eigenvalue weighted by atomic mass is 10.1. The molecule has 0 bridgehead atoms. The number of ether oxygens (including phenoxy) is 2. The molecule has 0 spiro atoms. The van der Waals surface area contributed by atoms with Crippen molar-refractivity contribution >= 4 is 23.3 Å². The largest absolute Gasteiger partial charge is 0.482 e. The second kappa shape index (κ2) is 10.1. The Morgan fingerprint density at radius 2 is 1.74 bits per heavy atom. The Kier molecular flexibility index (Phi) is 7.55. The number of hydrogen-bond donors (Lipinski definition) is 1. The third-order valence-corrected chi connectivity index (χ3v) is 3.68. The van der Waals surface area contributed by atoms with Gasteiger partial charge < -0.3 is 14.8 Å². The highest BCUT2D eigenvalue weighted by Crippen LogP contribution is 2.13. The van der Waals surface area contributed by atoms with Gasteiger partial charge in [-0.2, -0.15) is 0 Å². The summed E-state index contributed by atoms with van der Waals surface area (Å²) in [4.78, 5) is 35.4. The van der Waals surface area contributed by atoms with Gasteiger partial charge in [-0.05, 0) is 55.3 Å². The predicted octanol–water partition coefficient (Wildman–Crippen LogP) is 3.54. The lowest BCUT2D eigenvalue weighted by Crippen LogP contribution is -2.19. The first kappa shape index (κ1) is 20.2. The maximum atomic E-state index is 12.1. The molecule has 0 fully saturated rings. The van der Waals surface area contributed by atoms with Crippen molar-refractivity contribution in [2.75, 3.05) is 18.5 Å². The van der Waals surface area contributed by atoms with Gasteiger partial charge in [-0.25, -0.2) is 4.79 Å². The van der Waals surface area contributed by atoms with Crippen LogP contribution in [0.25, 0.3) is 0 Å². The molecular formula is C21H23NO5. The number of esters is 1. The summed E-state index contributed by atoms with van der Waals surface area (Å²) in [6.45, 7) is 3.22. The number of Topliss-reactive ketones (excluding diaryl/α,β-unsaturated/α-hetero) is 1. The maximum absolute atomic E-state index is 12.1. The van der Waals surface area contributed by atoms with E-state index in [1.54, 1.807) is 36.4 Å². The highest BCUT2D eigenvalue weighted by atomic mass is 16.6. The van der Waals surface area contributed by atoms with Crippen LogP contribution in [0, 0.1) is 6.92 Å². The highest BCUT2D eigenvalue weighted by Gasteiger charge is 2.11. The van der Waals surface area contributed by atoms with Crippen molar-refractivity contribution in [3.8, 4) is 5.75 Å². The van der Waals surface area contributed by atoms with Gasteiger partial charge >= 0.3 is 5.97 Å². The van der Waals surface area contributed by atoms with Crippen LogP contribution < -0.4 is 10.1 Å². The summed E-state index contributed by atoms with van der Waals surface area (Å²) < 4.78 is 10.3. The molecule has 2 aromatic carbocycles. The van der Waals surface area contributed by atoms with Crippen LogP contribution in [-0.4, -0.2) is 30.9 Å². The zero-order valence-corrected chi connectivity index (χ0v) is 15.5. The minimum atomic E-state index is -0.617. The zero-order chi connectivity index (χ0) is 19.6. The molecule has 0 saturated heterocycles. The normalized spacial score (nSPS) is 10.1. The Morgan fingerprint density at radius 1 is 1.00 bits per heavy atom. The second-order valence-corrected chi connectivity index (χ2v) is 6.06. The molecule has 27 heavy (non-hydrogen) atoms. The van der Waals surface area contributed by atoms with E-state index in [1.807, 2.05) is 26.0 Å². The molecule has 0 aromatic heterocycles. The molecule has 0 aliphatic rings. The van der Waals surface area contributed by atoms with E-state index in [0.29, 0.717) is 23.4 Å². The van der Waals surface area contributed by atoms with Crippen LogP contribution in [0.4, 0.5) is 5.69 Å². The number of nitrogens with one attached hydrogen (secondary N) is 1. The van der Waals surface area contributed by atoms with Gasteiger partial charge in [0.05, 0.1) is 0 Å². The van der Waals surface area contributed by atoms with E-state index in [1.165, 1.54) is 0 Å². The van der Waals surface area contributed by atoms with Gasteiger partial charge in [-0.15, -0.1) is 0 Å². The molecule has 2 aromatic rings. The average Bonchev–Trinajstić information content (AvgIpc) is 2.65. The van der Waals surface area contributed by atoms with E-state index >= 15 is 0 Å². The lowest BCUT2D eigenvalue weighted by Gasteiger charge is -2.08. The lowest BCUT2D eigenvalue weighted by molar-refractivity contribution is -0.144. The fraction of sp³-hybridized carbons (Fsp3) is 0.286. The van der Waals surface area contributed by atoms with Crippen LogP contribution in [-0.2, 0) is 14.3 Å². The summed E-state index contributed by atoms with van der Waals surface area (Å²) in [5.41, 5.74) is 2.04. The van der Waals surface area contributed by atoms with E-state index in [0.717, 1.165) is 12.0 Å². The first-order chi connectivity index (χ1) is 13.0. The van der Waals surface area contributed by atoms with Crippen molar-refractivity contribution < 1.29 is 23.9 Å². The maximum Gasteiger partial charge on any atom is 0.344 e. The van der Waals surface area contributed by atoms with Crippen LogP contribution >= 0.6 is 0 Å². The molecular weight excluding hydrogens is 346 g/mol. The van der Waals surface area contributed by atoms with E-state index in [-0.39, 0.29) is 24.9 Å². The molecule has 1 N–H and O–H groups in total. The number of anilines is 1. The number of aryl methyl sites for hydroxylation is 1. The van der Waals surface area contributed by atoms with Crippen LogP contribution in [0.5, 0.6) is 5.75 Å². The molecule has 0 radical (unpaired) electrons. The third-order valence-electron chi connectivity index (χ3n) is 3.68. The number of ketones is 1. The number of benzene rings is 2. The highest BCUT2D eigenvalue weighted by molar-refractivity contribution is 5.98. The number of carbonyl (C=O) groups is 3. The Balaban J connectivity index is 1.77. The van der Waals surface area contributed by atoms with Gasteiger partial charge in [0, 0.05) is 17.7 Å². The van der Waals surface area contributed by atoms with E-state index in [9.17, 15) is 14.4 Å². The first-order valence-electron chi connectivity index (χ1n) is 8.76. The minimum absolute atomic E-state index is 0.0703. The Hall–Kier alpha value is -3.15. The van der Waals surface area contributed by atoms with Gasteiger partial charge in [-0.1, -0.05) is 19.1 Å². The van der Waals surface area contributed by atoms with E-state index in [2.05, 4.69) is 5.32 Å². The standard InChI is InChI=1S/C21H23NO5/c1-3-5-20(24)22-17-10-8-16(9-11-17)19(23)13-27-21(25)14-26-18-7-4-6-15(2)12-18/h4,6-12H,3,5,13-14H2,1-2H3,(H,22,24). The predicted molar refractivity (Wildman–Crippen MR) is 102 cm³/mol. The fourth-order valence-corrected chi connectivity index (χ4v) is 2.31. The number of carbonyl (C=O) groups excluding carboxylic acids is 3. The molecule has 6 nitrogen and oxygen atoms in total. The van der Waals surface area contributed by atoms with Crippen LogP contribution in [0.2, 0.25) is 0 Å². The van der Waals surface area contributed by atoms with E-state index in [4.69, 9.17) is 9.47 Å². The van der Waals surface area contributed by atoms with Crippen molar-refractivity contribution in [1.82, 2.24) is 0 Å². The molecule has 0 heterocycles. The molecule has 142 valence electrons. The topological polar surface area (TPSA) is 81.7 Å². The Bertz CT molecular complexity index is 798. The fourth-order valence-electron chi connectivity index (χ4n) is 2.31. The minimum Gasteiger partial charge on any atom is -0.482 e. The summed E-state index contributed by atoms with van der Waals surface area (Å²) >= 11 is 0. The van der Waals surface area contributed by atoms with Crippen LogP contribution in [0.1, 0.15) is 35.7 Å². The monoisotopic (exact) mass is 369 g/mol. The smallest absolute Gasteiger partial charge is 0.344 e. The summed E-state index contributed by atoms with van der Waals surface area (Å²) in [5.74, 6) is -0.447. The van der Waals surface area contributed by atoms with Crippen molar-refractivity contribution in [1.29, 1.82) is 0 Å². The summed E-state index contributed by atoms with van der Waals surface area (Å²) in [7, 11) is 0. The van der Waals surface area contributed by atoms with Crippen molar-refractivity contribution in [2.24, 2.45) is 0 Å². The first-order valence-corrected chi connectivity index (χ1v) is 8.76. The average molecular weight is 369 g/mol. The molecule has 0 saturated carbocycles. The molecule has 0 atom stereocenters. The number of rotatable bonds is 9. The van der Waals surface area contributed by atoms with Crippen molar-refractivity contribution in [2.45, 2.75) is 26.7 Å². The van der Waals surface area contributed by atoms with Crippen molar-refractivity contribution in [3.63, 3.8) is 0 Å². The van der Waals surface area contributed by atoms with Gasteiger partial charge in [0.1, 0.15) is 5.75 Å². The van der Waals surface area contributed by atoms with Crippen LogP contribution in [0.15, 0.2) is 48.5 Å². The summed E-state index contributed by atoms with van der Waals surface area (Å²) in [6, 6.07) is 13.7. The Morgan fingerprint density at radius 3 is 2.41 bits per heavy atom. The van der Waals surface area contributed by atoms with Crippen LogP contribution in [0.3, 0.4) is 0 Å². The molecule has 0 aliphatic carbocycles. The number of hydrogen-bond acceptors (Lipinski definition) is 5. The Labute approximate surface area is 158 Å². The molecule has 0 aliphatic heterocycles. The van der Waals surface area contributed by atoms with Gasteiger partial charge in [-0.3, -0.25) is 9.59 Å². The second-order valence-electron chi connectivity index (χ2n) is 6.06. The zero-order valence-electron chi connectivity index (χ0n) is 15.5. The van der Waals surface area contributed by atoms with E-state index < -0.39 is 5.97 Å². The third kappa shape index (κ3) is 6.93. The molecule has 0 unspecified atom stereocenters.